The quantitative estimate of drug-likeness (QED) is 0.582. The van der Waals surface area contributed by atoms with Gasteiger partial charge in [-0.1, -0.05) is 24.3 Å². The van der Waals surface area contributed by atoms with Crippen LogP contribution < -0.4 is 10.1 Å². The van der Waals surface area contributed by atoms with Gasteiger partial charge in [-0.3, -0.25) is 14.4 Å². The Balaban J connectivity index is 1.46. The van der Waals surface area contributed by atoms with Crippen LogP contribution in [0.1, 0.15) is 51.8 Å². The lowest BCUT2D eigenvalue weighted by Crippen LogP contribution is -2.36. The van der Waals surface area contributed by atoms with Gasteiger partial charge in [0.05, 0.1) is 25.4 Å². The van der Waals surface area contributed by atoms with Gasteiger partial charge in [-0.05, 0) is 81.2 Å². The fraction of sp³-hybridized carbons (Fsp3) is 0.385. The van der Waals surface area contributed by atoms with E-state index in [0.717, 1.165) is 35.8 Å². The lowest BCUT2D eigenvalue weighted by molar-refractivity contribution is 0.0938. The van der Waals surface area contributed by atoms with Crippen molar-refractivity contribution in [3.05, 3.63) is 82.7 Å². The first-order chi connectivity index (χ1) is 15.5. The first-order valence-electron chi connectivity index (χ1n) is 11.3. The Kier molecular flexibility index (Phi) is 6.90. The number of hydrogen-bond acceptors (Lipinski definition) is 4. The third kappa shape index (κ3) is 5.19. The fourth-order valence-corrected chi connectivity index (χ4v) is 4.47. The summed E-state index contributed by atoms with van der Waals surface area (Å²) in [7, 11) is 1.69. The summed E-state index contributed by atoms with van der Waals surface area (Å²) in [6.45, 7) is 7.36. The van der Waals surface area contributed by atoms with E-state index in [1.165, 1.54) is 18.4 Å². The number of nitrogens with zero attached hydrogens (tertiary/aromatic N) is 3. The second-order valence-electron chi connectivity index (χ2n) is 8.53. The first kappa shape index (κ1) is 22.1. The van der Waals surface area contributed by atoms with Crippen molar-refractivity contribution in [1.82, 2.24) is 20.0 Å². The van der Waals surface area contributed by atoms with Gasteiger partial charge in [0.15, 0.2) is 0 Å². The summed E-state index contributed by atoms with van der Waals surface area (Å²) in [6.07, 6.45) is 2.39. The molecule has 0 aliphatic carbocycles. The van der Waals surface area contributed by atoms with Crippen molar-refractivity contribution >= 4 is 5.91 Å². The highest BCUT2D eigenvalue weighted by Crippen LogP contribution is 2.27. The maximum atomic E-state index is 13.0. The van der Waals surface area contributed by atoms with Gasteiger partial charge in [-0.2, -0.15) is 5.10 Å². The van der Waals surface area contributed by atoms with Gasteiger partial charge >= 0.3 is 0 Å². The fourth-order valence-electron chi connectivity index (χ4n) is 4.47. The number of benzene rings is 2. The van der Waals surface area contributed by atoms with E-state index in [1.807, 2.05) is 54.9 Å². The molecule has 1 aromatic heterocycles. The minimum absolute atomic E-state index is 0.0488. The number of hydrogen-bond donors (Lipinski definition) is 1. The third-order valence-electron chi connectivity index (χ3n) is 6.14. The molecule has 6 nitrogen and oxygen atoms in total. The Labute approximate surface area is 190 Å². The molecule has 4 rings (SSSR count). The molecule has 32 heavy (non-hydrogen) atoms. The van der Waals surface area contributed by atoms with E-state index < -0.39 is 0 Å². The molecule has 1 saturated heterocycles. The number of ether oxygens (including phenoxy) is 1. The highest BCUT2D eigenvalue weighted by atomic mass is 16.5. The van der Waals surface area contributed by atoms with Crippen molar-refractivity contribution in [3.8, 4) is 5.75 Å². The van der Waals surface area contributed by atoms with Crippen molar-refractivity contribution in [3.63, 3.8) is 0 Å². The number of likely N-dealkylation sites (tertiary alicyclic amines) is 1. The van der Waals surface area contributed by atoms with Gasteiger partial charge in [-0.25, -0.2) is 0 Å². The molecular weight excluding hydrogens is 400 g/mol. The molecule has 0 bridgehead atoms. The molecule has 168 valence electrons. The number of aryl methyl sites for hydroxylation is 2. The number of carbonyl (C=O) groups excluding carboxylic acids is 1. The Hall–Kier alpha value is -3.12. The zero-order valence-corrected chi connectivity index (χ0v) is 19.2. The third-order valence-corrected chi connectivity index (χ3v) is 6.14. The van der Waals surface area contributed by atoms with E-state index in [4.69, 9.17) is 4.74 Å². The van der Waals surface area contributed by atoms with Crippen molar-refractivity contribution in [2.24, 2.45) is 0 Å². The van der Waals surface area contributed by atoms with Crippen molar-refractivity contribution in [2.75, 3.05) is 26.7 Å². The minimum atomic E-state index is -0.0488. The molecule has 1 atom stereocenters. The van der Waals surface area contributed by atoms with Crippen LogP contribution in [0.4, 0.5) is 0 Å². The highest BCUT2D eigenvalue weighted by molar-refractivity contribution is 5.94. The van der Waals surface area contributed by atoms with E-state index in [-0.39, 0.29) is 11.9 Å². The standard InChI is InChI=1S/C26H32N4O2/c1-19-14-20(2)30(28-19)18-21-8-6-10-23(15-21)26(31)27-17-25(29-12-4-5-13-29)22-9-7-11-24(16-22)32-3/h6-11,14-16,25H,4-5,12-13,17-18H2,1-3H3,(H,27,31). The van der Waals surface area contributed by atoms with Gasteiger partial charge in [0.25, 0.3) is 5.91 Å². The van der Waals surface area contributed by atoms with Gasteiger partial charge < -0.3 is 10.1 Å². The van der Waals surface area contributed by atoms with Crippen LogP contribution in [-0.2, 0) is 6.54 Å². The predicted molar refractivity (Wildman–Crippen MR) is 126 cm³/mol. The predicted octanol–water partition coefficient (Wildman–Crippen LogP) is 4.12. The lowest BCUT2D eigenvalue weighted by Gasteiger charge is -2.28. The van der Waals surface area contributed by atoms with Crippen LogP contribution in [0.15, 0.2) is 54.6 Å². The number of amides is 1. The average molecular weight is 433 g/mol. The van der Waals surface area contributed by atoms with Crippen molar-refractivity contribution in [2.45, 2.75) is 39.3 Å². The monoisotopic (exact) mass is 432 g/mol. The Morgan fingerprint density at radius 2 is 1.88 bits per heavy atom. The summed E-state index contributed by atoms with van der Waals surface area (Å²) in [5, 5.41) is 7.71. The van der Waals surface area contributed by atoms with Crippen LogP contribution in [0.2, 0.25) is 0 Å². The largest absolute Gasteiger partial charge is 0.497 e. The maximum Gasteiger partial charge on any atom is 0.251 e. The molecule has 1 fully saturated rings. The molecule has 1 aliphatic rings. The normalized spacial score (nSPS) is 15.0. The lowest BCUT2D eigenvalue weighted by atomic mass is 10.0. The molecule has 0 radical (unpaired) electrons. The summed E-state index contributed by atoms with van der Waals surface area (Å²) in [5.41, 5.74) is 5.03. The van der Waals surface area contributed by atoms with E-state index in [9.17, 15) is 4.79 Å². The van der Waals surface area contributed by atoms with Crippen LogP contribution in [0, 0.1) is 13.8 Å². The van der Waals surface area contributed by atoms with E-state index in [0.29, 0.717) is 18.7 Å². The second kappa shape index (κ2) is 10.0. The zero-order valence-electron chi connectivity index (χ0n) is 19.2. The summed E-state index contributed by atoms with van der Waals surface area (Å²) in [5.74, 6) is 0.794. The summed E-state index contributed by atoms with van der Waals surface area (Å²) in [6, 6.07) is 18.2. The number of rotatable bonds is 8. The molecule has 3 aromatic rings. The van der Waals surface area contributed by atoms with E-state index >= 15 is 0 Å². The number of aromatic nitrogens is 2. The second-order valence-corrected chi connectivity index (χ2v) is 8.53. The molecule has 0 saturated carbocycles. The smallest absolute Gasteiger partial charge is 0.251 e. The molecule has 2 heterocycles. The number of carbonyl (C=O) groups is 1. The number of nitrogens with one attached hydrogen (secondary N) is 1. The van der Waals surface area contributed by atoms with E-state index in [2.05, 4.69) is 33.5 Å². The SMILES string of the molecule is COc1cccc(C(CNC(=O)c2cccc(Cn3nc(C)cc3C)c2)N2CCCC2)c1. The van der Waals surface area contributed by atoms with Crippen LogP contribution in [0.3, 0.4) is 0 Å². The molecular formula is C26H32N4O2. The van der Waals surface area contributed by atoms with Crippen LogP contribution >= 0.6 is 0 Å². The Morgan fingerprint density at radius 1 is 1.09 bits per heavy atom. The Morgan fingerprint density at radius 3 is 2.59 bits per heavy atom. The van der Waals surface area contributed by atoms with Crippen molar-refractivity contribution in [1.29, 1.82) is 0 Å². The summed E-state index contributed by atoms with van der Waals surface area (Å²) in [4.78, 5) is 15.5. The van der Waals surface area contributed by atoms with Crippen molar-refractivity contribution < 1.29 is 9.53 Å². The van der Waals surface area contributed by atoms with Crippen LogP contribution in [0.25, 0.3) is 0 Å². The first-order valence-corrected chi connectivity index (χ1v) is 11.3. The summed E-state index contributed by atoms with van der Waals surface area (Å²) < 4.78 is 7.39. The Bertz CT molecular complexity index is 1070. The molecule has 1 amide bonds. The zero-order chi connectivity index (χ0) is 22.5. The molecule has 1 N–H and O–H groups in total. The van der Waals surface area contributed by atoms with Gasteiger partial charge in [0.1, 0.15) is 5.75 Å². The summed E-state index contributed by atoms with van der Waals surface area (Å²) >= 11 is 0. The molecule has 0 spiro atoms. The van der Waals surface area contributed by atoms with Gasteiger partial charge in [0, 0.05) is 17.8 Å². The average Bonchev–Trinajstić information content (AvgIpc) is 3.44. The number of methoxy groups -OCH3 is 1. The minimum Gasteiger partial charge on any atom is -0.497 e. The molecule has 1 unspecified atom stereocenters. The topological polar surface area (TPSA) is 59.4 Å². The van der Waals surface area contributed by atoms with Crippen LogP contribution in [0.5, 0.6) is 5.75 Å². The molecule has 6 heteroatoms. The molecule has 2 aromatic carbocycles. The maximum absolute atomic E-state index is 13.0. The van der Waals surface area contributed by atoms with Gasteiger partial charge in [0.2, 0.25) is 0 Å². The van der Waals surface area contributed by atoms with Gasteiger partial charge in [-0.15, -0.1) is 0 Å². The highest BCUT2D eigenvalue weighted by Gasteiger charge is 2.24. The van der Waals surface area contributed by atoms with Crippen LogP contribution in [-0.4, -0.2) is 47.3 Å². The molecule has 1 aliphatic heterocycles. The van der Waals surface area contributed by atoms with E-state index in [1.54, 1.807) is 7.11 Å².